The lowest BCUT2D eigenvalue weighted by atomic mass is 10.0. The van der Waals surface area contributed by atoms with Gasteiger partial charge in [0.05, 0.1) is 5.52 Å². The maximum absolute atomic E-state index is 4.86. The standard InChI is InChI=1S/C16H21N3/c1-12-10-13-6-4-5-7-14(13)18-15(12)19-9-8-17-16(2,3)11-19/h4-7,10,17H,8-9,11H2,1-3H3. The number of nitrogens with zero attached hydrogens (tertiary/aromatic N) is 2. The molecule has 1 aromatic heterocycles. The van der Waals surface area contributed by atoms with Gasteiger partial charge in [-0.25, -0.2) is 4.98 Å². The number of nitrogens with one attached hydrogen (secondary N) is 1. The van der Waals surface area contributed by atoms with Crippen molar-refractivity contribution in [2.75, 3.05) is 24.5 Å². The second-order valence-electron chi connectivity index (χ2n) is 6.05. The summed E-state index contributed by atoms with van der Waals surface area (Å²) in [5.74, 6) is 1.13. The average molecular weight is 255 g/mol. The molecule has 0 bridgehead atoms. The molecule has 3 nitrogen and oxygen atoms in total. The third-order valence-electron chi connectivity index (χ3n) is 3.76. The van der Waals surface area contributed by atoms with Crippen molar-refractivity contribution in [3.05, 3.63) is 35.9 Å². The summed E-state index contributed by atoms with van der Waals surface area (Å²) in [4.78, 5) is 7.26. The molecule has 1 saturated heterocycles. The molecule has 1 aliphatic heterocycles. The number of para-hydroxylation sites is 1. The van der Waals surface area contributed by atoms with Gasteiger partial charge in [0.25, 0.3) is 0 Å². The van der Waals surface area contributed by atoms with Gasteiger partial charge in [0.1, 0.15) is 5.82 Å². The van der Waals surface area contributed by atoms with E-state index in [9.17, 15) is 0 Å². The maximum atomic E-state index is 4.86. The van der Waals surface area contributed by atoms with Gasteiger partial charge in [0, 0.05) is 30.6 Å². The molecular weight excluding hydrogens is 234 g/mol. The Labute approximate surface area is 114 Å². The first kappa shape index (κ1) is 12.4. The lowest BCUT2D eigenvalue weighted by molar-refractivity contribution is 0.351. The van der Waals surface area contributed by atoms with Gasteiger partial charge in [0.15, 0.2) is 0 Å². The summed E-state index contributed by atoms with van der Waals surface area (Å²) >= 11 is 0. The fraction of sp³-hybridized carbons (Fsp3) is 0.438. The molecule has 1 fully saturated rings. The van der Waals surface area contributed by atoms with Crippen LogP contribution >= 0.6 is 0 Å². The molecule has 0 atom stereocenters. The van der Waals surface area contributed by atoms with Crippen molar-refractivity contribution in [3.8, 4) is 0 Å². The van der Waals surface area contributed by atoms with Crippen molar-refractivity contribution in [2.45, 2.75) is 26.3 Å². The molecule has 0 aliphatic carbocycles. The summed E-state index contributed by atoms with van der Waals surface area (Å²) in [5, 5.41) is 4.77. The molecule has 100 valence electrons. The van der Waals surface area contributed by atoms with Gasteiger partial charge in [-0.2, -0.15) is 0 Å². The zero-order valence-corrected chi connectivity index (χ0v) is 11.9. The third kappa shape index (κ3) is 2.43. The van der Waals surface area contributed by atoms with Crippen LogP contribution in [0.3, 0.4) is 0 Å². The zero-order valence-electron chi connectivity index (χ0n) is 11.9. The third-order valence-corrected chi connectivity index (χ3v) is 3.76. The van der Waals surface area contributed by atoms with Crippen molar-refractivity contribution in [2.24, 2.45) is 0 Å². The molecule has 0 spiro atoms. The number of rotatable bonds is 1. The van der Waals surface area contributed by atoms with Gasteiger partial charge in [-0.3, -0.25) is 0 Å². The first-order chi connectivity index (χ1) is 9.05. The summed E-state index contributed by atoms with van der Waals surface area (Å²) < 4.78 is 0. The van der Waals surface area contributed by atoms with Crippen LogP contribution in [-0.4, -0.2) is 30.2 Å². The van der Waals surface area contributed by atoms with Gasteiger partial charge >= 0.3 is 0 Å². The largest absolute Gasteiger partial charge is 0.353 e. The van der Waals surface area contributed by atoms with Gasteiger partial charge in [0.2, 0.25) is 0 Å². The van der Waals surface area contributed by atoms with E-state index in [1.807, 2.05) is 0 Å². The van der Waals surface area contributed by atoms with E-state index >= 15 is 0 Å². The zero-order chi connectivity index (χ0) is 13.5. The minimum Gasteiger partial charge on any atom is -0.353 e. The fourth-order valence-corrected chi connectivity index (χ4v) is 2.85. The van der Waals surface area contributed by atoms with E-state index in [2.05, 4.69) is 61.3 Å². The fourth-order valence-electron chi connectivity index (χ4n) is 2.85. The molecule has 1 aliphatic rings. The quantitative estimate of drug-likeness (QED) is 0.849. The Morgan fingerprint density at radius 3 is 2.84 bits per heavy atom. The van der Waals surface area contributed by atoms with Gasteiger partial charge in [-0.05, 0) is 38.5 Å². The summed E-state index contributed by atoms with van der Waals surface area (Å²) in [7, 11) is 0. The van der Waals surface area contributed by atoms with Gasteiger partial charge < -0.3 is 10.2 Å². The number of hydrogen-bond donors (Lipinski definition) is 1. The Kier molecular flexibility index (Phi) is 2.94. The first-order valence-corrected chi connectivity index (χ1v) is 6.92. The highest BCUT2D eigenvalue weighted by Gasteiger charge is 2.27. The Morgan fingerprint density at radius 1 is 1.26 bits per heavy atom. The second kappa shape index (κ2) is 4.49. The van der Waals surface area contributed by atoms with Crippen LogP contribution in [-0.2, 0) is 0 Å². The lowest BCUT2D eigenvalue weighted by Gasteiger charge is -2.40. The van der Waals surface area contributed by atoms with Crippen molar-refractivity contribution >= 4 is 16.7 Å². The van der Waals surface area contributed by atoms with E-state index < -0.39 is 0 Å². The Morgan fingerprint density at radius 2 is 2.05 bits per heavy atom. The van der Waals surface area contributed by atoms with Crippen LogP contribution in [0.15, 0.2) is 30.3 Å². The van der Waals surface area contributed by atoms with Gasteiger partial charge in [-0.15, -0.1) is 0 Å². The number of fused-ring (bicyclic) bond motifs is 1. The Balaban J connectivity index is 2.02. The van der Waals surface area contributed by atoms with Crippen LogP contribution in [0.5, 0.6) is 0 Å². The maximum Gasteiger partial charge on any atom is 0.132 e. The molecule has 0 saturated carbocycles. The molecule has 0 radical (unpaired) electrons. The highest BCUT2D eigenvalue weighted by Crippen LogP contribution is 2.25. The molecule has 19 heavy (non-hydrogen) atoms. The minimum absolute atomic E-state index is 0.151. The molecule has 2 heterocycles. The Bertz CT molecular complexity index is 604. The van der Waals surface area contributed by atoms with Crippen LogP contribution < -0.4 is 10.2 Å². The predicted molar refractivity (Wildman–Crippen MR) is 80.8 cm³/mol. The van der Waals surface area contributed by atoms with E-state index in [1.54, 1.807) is 0 Å². The summed E-state index contributed by atoms with van der Waals surface area (Å²) in [6, 6.07) is 10.6. The van der Waals surface area contributed by atoms with E-state index in [0.29, 0.717) is 0 Å². The van der Waals surface area contributed by atoms with Crippen molar-refractivity contribution < 1.29 is 0 Å². The molecule has 0 unspecified atom stereocenters. The SMILES string of the molecule is Cc1cc2ccccc2nc1N1CCNC(C)(C)C1. The number of aryl methyl sites for hydroxylation is 1. The number of hydrogen-bond acceptors (Lipinski definition) is 3. The van der Waals surface area contributed by atoms with Crippen LogP contribution in [0.4, 0.5) is 5.82 Å². The molecule has 1 aromatic carbocycles. The van der Waals surface area contributed by atoms with Crippen LogP contribution in [0.25, 0.3) is 10.9 Å². The lowest BCUT2D eigenvalue weighted by Crippen LogP contribution is -2.57. The number of pyridine rings is 1. The van der Waals surface area contributed by atoms with Crippen molar-refractivity contribution in [1.82, 2.24) is 10.3 Å². The van der Waals surface area contributed by atoms with E-state index in [4.69, 9.17) is 4.98 Å². The van der Waals surface area contributed by atoms with E-state index in [-0.39, 0.29) is 5.54 Å². The van der Waals surface area contributed by atoms with Crippen LogP contribution in [0.2, 0.25) is 0 Å². The molecular formula is C16H21N3. The predicted octanol–water partition coefficient (Wildman–Crippen LogP) is 2.73. The minimum atomic E-state index is 0.151. The summed E-state index contributed by atoms with van der Waals surface area (Å²) in [5.41, 5.74) is 2.49. The van der Waals surface area contributed by atoms with E-state index in [1.165, 1.54) is 10.9 Å². The molecule has 3 heteroatoms. The number of aromatic nitrogens is 1. The van der Waals surface area contributed by atoms with Crippen LogP contribution in [0.1, 0.15) is 19.4 Å². The number of anilines is 1. The first-order valence-electron chi connectivity index (χ1n) is 6.92. The Hall–Kier alpha value is -1.61. The molecule has 2 aromatic rings. The monoisotopic (exact) mass is 255 g/mol. The average Bonchev–Trinajstić information content (AvgIpc) is 2.36. The topological polar surface area (TPSA) is 28.2 Å². The normalized spacial score (nSPS) is 18.8. The molecule has 1 N–H and O–H groups in total. The van der Waals surface area contributed by atoms with Crippen molar-refractivity contribution in [1.29, 1.82) is 0 Å². The van der Waals surface area contributed by atoms with Gasteiger partial charge in [-0.1, -0.05) is 18.2 Å². The molecule has 3 rings (SSSR count). The highest BCUT2D eigenvalue weighted by molar-refractivity contribution is 5.81. The number of piperazine rings is 1. The second-order valence-corrected chi connectivity index (χ2v) is 6.05. The summed E-state index contributed by atoms with van der Waals surface area (Å²) in [6.07, 6.45) is 0. The number of benzene rings is 1. The molecule has 0 amide bonds. The highest BCUT2D eigenvalue weighted by atomic mass is 15.3. The smallest absolute Gasteiger partial charge is 0.132 e. The summed E-state index contributed by atoms with van der Waals surface area (Å²) in [6.45, 7) is 9.69. The van der Waals surface area contributed by atoms with Crippen molar-refractivity contribution in [3.63, 3.8) is 0 Å². The van der Waals surface area contributed by atoms with E-state index in [0.717, 1.165) is 31.0 Å². The van der Waals surface area contributed by atoms with Crippen LogP contribution in [0, 0.1) is 6.92 Å².